The quantitative estimate of drug-likeness (QED) is 0.847. The minimum Gasteiger partial charge on any atom is -0.452 e. The molecule has 100 valence electrons. The van der Waals surface area contributed by atoms with Gasteiger partial charge in [-0.3, -0.25) is 4.79 Å². The second-order valence-corrected chi connectivity index (χ2v) is 4.95. The van der Waals surface area contributed by atoms with Gasteiger partial charge < -0.3 is 9.32 Å². The van der Waals surface area contributed by atoms with Crippen molar-refractivity contribution in [1.29, 1.82) is 0 Å². The molecule has 0 aliphatic heterocycles. The van der Waals surface area contributed by atoms with Crippen LogP contribution in [0.5, 0.6) is 0 Å². The normalized spacial score (nSPS) is 12.2. The average molecular weight is 278 g/mol. The van der Waals surface area contributed by atoms with Crippen molar-refractivity contribution in [3.8, 4) is 0 Å². The van der Waals surface area contributed by atoms with Gasteiger partial charge in [-0.05, 0) is 37.1 Å². The van der Waals surface area contributed by atoms with Crippen LogP contribution in [0.2, 0.25) is 5.22 Å². The zero-order valence-electron chi connectivity index (χ0n) is 11.2. The van der Waals surface area contributed by atoms with E-state index in [-0.39, 0.29) is 17.2 Å². The topological polar surface area (TPSA) is 33.5 Å². The van der Waals surface area contributed by atoms with Gasteiger partial charge in [-0.25, -0.2) is 0 Å². The molecule has 2 aromatic rings. The van der Waals surface area contributed by atoms with Crippen molar-refractivity contribution in [3.63, 3.8) is 0 Å². The molecule has 1 aromatic carbocycles. The number of furan rings is 1. The van der Waals surface area contributed by atoms with Crippen molar-refractivity contribution in [2.45, 2.75) is 19.9 Å². The van der Waals surface area contributed by atoms with E-state index in [1.165, 1.54) is 11.8 Å². The molecule has 0 saturated carbocycles. The van der Waals surface area contributed by atoms with Crippen LogP contribution in [0.1, 0.15) is 34.5 Å². The summed E-state index contributed by atoms with van der Waals surface area (Å²) in [7, 11) is 1.76. The maximum absolute atomic E-state index is 12.3. The maximum atomic E-state index is 12.3. The Hall–Kier alpha value is -1.74. The summed E-state index contributed by atoms with van der Waals surface area (Å²) < 4.78 is 4.95. The molecule has 0 aliphatic rings. The largest absolute Gasteiger partial charge is 0.452 e. The van der Waals surface area contributed by atoms with Gasteiger partial charge in [-0.1, -0.05) is 29.8 Å². The second-order valence-electron chi connectivity index (χ2n) is 4.61. The van der Waals surface area contributed by atoms with Crippen LogP contribution in [0.4, 0.5) is 0 Å². The number of hydrogen-bond acceptors (Lipinski definition) is 2. The molecule has 0 spiro atoms. The first-order valence-electron chi connectivity index (χ1n) is 6.07. The number of carbonyl (C=O) groups excluding carboxylic acids is 1. The Morgan fingerprint density at radius 3 is 2.42 bits per heavy atom. The Morgan fingerprint density at radius 2 is 1.89 bits per heavy atom. The molecule has 4 heteroatoms. The van der Waals surface area contributed by atoms with Crippen molar-refractivity contribution >= 4 is 17.5 Å². The lowest BCUT2D eigenvalue weighted by atomic mass is 10.1. The molecule has 19 heavy (non-hydrogen) atoms. The van der Waals surface area contributed by atoms with Gasteiger partial charge in [0.05, 0.1) is 17.9 Å². The molecule has 1 heterocycles. The molecule has 2 rings (SSSR count). The van der Waals surface area contributed by atoms with Crippen LogP contribution in [0.15, 0.2) is 41.0 Å². The van der Waals surface area contributed by atoms with Crippen molar-refractivity contribution in [2.24, 2.45) is 0 Å². The molecule has 1 amide bonds. The Balaban J connectivity index is 2.19. The summed E-state index contributed by atoms with van der Waals surface area (Å²) in [5.41, 5.74) is 2.67. The minimum absolute atomic E-state index is 0.0286. The number of benzene rings is 1. The monoisotopic (exact) mass is 277 g/mol. The van der Waals surface area contributed by atoms with Crippen LogP contribution in [0.3, 0.4) is 0 Å². The highest BCUT2D eigenvalue weighted by Gasteiger charge is 2.22. The Morgan fingerprint density at radius 1 is 1.26 bits per heavy atom. The molecule has 0 bridgehead atoms. The lowest BCUT2D eigenvalue weighted by Gasteiger charge is -2.25. The summed E-state index contributed by atoms with van der Waals surface area (Å²) in [6, 6.07) is 9.69. The van der Waals surface area contributed by atoms with E-state index in [9.17, 15) is 4.79 Å². The highest BCUT2D eigenvalue weighted by atomic mass is 35.5. The van der Waals surface area contributed by atoms with Crippen molar-refractivity contribution < 1.29 is 9.21 Å². The molecule has 0 radical (unpaired) electrons. The standard InChI is InChI=1S/C15H16ClNO2/c1-10-4-6-12(7-5-10)11(2)17(3)15(18)13-8-9-19-14(13)16/h4-9,11H,1-3H3. The number of carbonyl (C=O) groups is 1. The van der Waals surface area contributed by atoms with Gasteiger partial charge in [0.15, 0.2) is 0 Å². The number of aryl methyl sites for hydroxylation is 1. The van der Waals surface area contributed by atoms with Crippen molar-refractivity contribution in [3.05, 3.63) is 58.5 Å². The highest BCUT2D eigenvalue weighted by Crippen LogP contribution is 2.24. The van der Waals surface area contributed by atoms with Gasteiger partial charge in [-0.15, -0.1) is 0 Å². The van der Waals surface area contributed by atoms with Gasteiger partial charge in [-0.2, -0.15) is 0 Å². The second kappa shape index (κ2) is 5.49. The third kappa shape index (κ3) is 2.82. The number of hydrogen-bond donors (Lipinski definition) is 0. The predicted molar refractivity (Wildman–Crippen MR) is 75.4 cm³/mol. The Kier molecular flexibility index (Phi) is 3.96. The average Bonchev–Trinajstić information content (AvgIpc) is 2.83. The summed E-state index contributed by atoms with van der Waals surface area (Å²) >= 11 is 5.84. The van der Waals surface area contributed by atoms with Gasteiger partial charge >= 0.3 is 0 Å². The zero-order valence-corrected chi connectivity index (χ0v) is 11.9. The summed E-state index contributed by atoms with van der Waals surface area (Å²) in [4.78, 5) is 13.9. The fourth-order valence-corrected chi connectivity index (χ4v) is 2.08. The van der Waals surface area contributed by atoms with E-state index in [0.29, 0.717) is 5.56 Å². The minimum atomic E-state index is -0.146. The van der Waals surface area contributed by atoms with Gasteiger partial charge in [0.25, 0.3) is 5.91 Å². The number of amides is 1. The molecule has 0 fully saturated rings. The summed E-state index contributed by atoms with van der Waals surface area (Å²) in [6.45, 7) is 4.02. The van der Waals surface area contributed by atoms with Crippen LogP contribution >= 0.6 is 11.6 Å². The van der Waals surface area contributed by atoms with Gasteiger partial charge in [0.1, 0.15) is 0 Å². The molecular weight excluding hydrogens is 262 g/mol. The molecule has 0 N–H and O–H groups in total. The van der Waals surface area contributed by atoms with Crippen LogP contribution in [0, 0.1) is 6.92 Å². The van der Waals surface area contributed by atoms with Crippen LogP contribution in [0.25, 0.3) is 0 Å². The fourth-order valence-electron chi connectivity index (χ4n) is 1.88. The summed E-state index contributed by atoms with van der Waals surface area (Å²) in [5.74, 6) is -0.146. The number of nitrogens with zero attached hydrogens (tertiary/aromatic N) is 1. The molecule has 1 atom stereocenters. The fraction of sp³-hybridized carbons (Fsp3) is 0.267. The van der Waals surface area contributed by atoms with Crippen LogP contribution in [-0.2, 0) is 0 Å². The lowest BCUT2D eigenvalue weighted by Crippen LogP contribution is -2.29. The molecule has 3 nitrogen and oxygen atoms in total. The number of halogens is 1. The lowest BCUT2D eigenvalue weighted by molar-refractivity contribution is 0.0742. The third-order valence-corrected chi connectivity index (χ3v) is 3.60. The SMILES string of the molecule is Cc1ccc(C(C)N(C)C(=O)c2ccoc2Cl)cc1. The van der Waals surface area contributed by atoms with E-state index in [1.807, 2.05) is 38.1 Å². The van der Waals surface area contributed by atoms with E-state index in [0.717, 1.165) is 5.56 Å². The summed E-state index contributed by atoms with van der Waals surface area (Å²) in [6.07, 6.45) is 1.42. The highest BCUT2D eigenvalue weighted by molar-refractivity contribution is 6.32. The molecule has 0 aliphatic carbocycles. The Labute approximate surface area is 117 Å². The van der Waals surface area contributed by atoms with Gasteiger partial charge in [0.2, 0.25) is 5.22 Å². The van der Waals surface area contributed by atoms with Crippen molar-refractivity contribution in [2.75, 3.05) is 7.05 Å². The zero-order chi connectivity index (χ0) is 14.0. The first-order valence-corrected chi connectivity index (χ1v) is 6.45. The molecule has 1 unspecified atom stereocenters. The first-order chi connectivity index (χ1) is 9.00. The summed E-state index contributed by atoms with van der Waals surface area (Å²) in [5, 5.41) is 0.132. The predicted octanol–water partition coefficient (Wildman–Crippen LogP) is 4.07. The number of rotatable bonds is 3. The smallest absolute Gasteiger partial charge is 0.258 e. The van der Waals surface area contributed by atoms with E-state index >= 15 is 0 Å². The van der Waals surface area contributed by atoms with Crippen LogP contribution in [-0.4, -0.2) is 17.9 Å². The van der Waals surface area contributed by atoms with Gasteiger partial charge in [0, 0.05) is 7.05 Å². The Bertz CT molecular complexity index is 574. The molecular formula is C15H16ClNO2. The van der Waals surface area contributed by atoms with Crippen LogP contribution < -0.4 is 0 Å². The molecule has 0 saturated heterocycles. The maximum Gasteiger partial charge on any atom is 0.258 e. The third-order valence-electron chi connectivity index (χ3n) is 3.31. The molecule has 1 aromatic heterocycles. The van der Waals surface area contributed by atoms with E-state index in [2.05, 4.69) is 0 Å². The first kappa shape index (κ1) is 13.7. The van der Waals surface area contributed by atoms with Crippen molar-refractivity contribution in [1.82, 2.24) is 4.90 Å². The van der Waals surface area contributed by atoms with E-state index in [1.54, 1.807) is 18.0 Å². The van der Waals surface area contributed by atoms with E-state index < -0.39 is 0 Å². The van der Waals surface area contributed by atoms with E-state index in [4.69, 9.17) is 16.0 Å².